The Bertz CT molecular complexity index is 958. The van der Waals surface area contributed by atoms with Gasteiger partial charge in [0.25, 0.3) is 11.8 Å². The lowest BCUT2D eigenvalue weighted by molar-refractivity contribution is 0.0372. The molecule has 0 aromatic carbocycles. The van der Waals surface area contributed by atoms with Crippen molar-refractivity contribution in [3.8, 4) is 0 Å². The first-order valence-electron chi connectivity index (χ1n) is 9.99. The van der Waals surface area contributed by atoms with E-state index in [0.717, 1.165) is 31.9 Å². The molecule has 2 aromatic rings. The number of halogens is 1. The molecule has 0 radical (unpaired) electrons. The summed E-state index contributed by atoms with van der Waals surface area (Å²) in [5.41, 5.74) is 0.281. The van der Waals surface area contributed by atoms with Crippen molar-refractivity contribution in [1.82, 2.24) is 34.9 Å². The molecule has 5 rings (SSSR count). The number of pyridine rings is 1. The maximum Gasteiger partial charge on any atom is 0.289 e. The summed E-state index contributed by atoms with van der Waals surface area (Å²) in [6.07, 6.45) is 4.46. The average molecular weight is 399 g/mol. The Balaban J connectivity index is 1.35. The zero-order valence-corrected chi connectivity index (χ0v) is 15.9. The van der Waals surface area contributed by atoms with Gasteiger partial charge in [-0.1, -0.05) is 0 Å². The van der Waals surface area contributed by atoms with E-state index in [1.165, 1.54) is 12.3 Å². The molecule has 3 aliphatic rings. The Hall–Kier alpha value is -2.88. The van der Waals surface area contributed by atoms with E-state index in [0.29, 0.717) is 37.8 Å². The molecule has 1 N–H and O–H groups in total. The monoisotopic (exact) mass is 399 g/mol. The molecule has 1 saturated carbocycles. The lowest BCUT2D eigenvalue weighted by Crippen LogP contribution is -2.54. The van der Waals surface area contributed by atoms with Gasteiger partial charge in [-0.2, -0.15) is 4.39 Å². The standard InChI is InChI=1S/C19H22FN7O2/c20-15-10-12(4-5-21-15)19(29)26-7-6-25-8-9-27-16(14(25)11-26)23-24-17(27)18(28)22-13-2-1-3-13/h4-5,10,13-14H,1-3,6-9,11H2,(H,22,28)/t14-/m0/s1. The fourth-order valence-corrected chi connectivity index (χ4v) is 4.22. The van der Waals surface area contributed by atoms with Gasteiger partial charge < -0.3 is 14.8 Å². The van der Waals surface area contributed by atoms with Gasteiger partial charge in [0, 0.05) is 56.6 Å². The first-order chi connectivity index (χ1) is 14.1. The molecule has 2 aliphatic heterocycles. The molecular weight excluding hydrogens is 377 g/mol. The topological polar surface area (TPSA) is 96.3 Å². The fraction of sp³-hybridized carbons (Fsp3) is 0.526. The Morgan fingerprint density at radius 2 is 1.97 bits per heavy atom. The number of hydrogen-bond donors (Lipinski definition) is 1. The van der Waals surface area contributed by atoms with Gasteiger partial charge in [-0.25, -0.2) is 4.98 Å². The van der Waals surface area contributed by atoms with Crippen molar-refractivity contribution in [2.45, 2.75) is 37.9 Å². The largest absolute Gasteiger partial charge is 0.347 e. The van der Waals surface area contributed by atoms with Gasteiger partial charge in [0.2, 0.25) is 11.8 Å². The van der Waals surface area contributed by atoms with Crippen LogP contribution in [0.3, 0.4) is 0 Å². The Morgan fingerprint density at radius 1 is 1.14 bits per heavy atom. The van der Waals surface area contributed by atoms with E-state index in [9.17, 15) is 14.0 Å². The number of nitrogens with one attached hydrogen (secondary N) is 1. The smallest absolute Gasteiger partial charge is 0.289 e. The van der Waals surface area contributed by atoms with Crippen LogP contribution in [0.25, 0.3) is 0 Å². The first kappa shape index (κ1) is 18.2. The predicted octanol–water partition coefficient (Wildman–Crippen LogP) is 0.607. The molecule has 10 heteroatoms. The summed E-state index contributed by atoms with van der Waals surface area (Å²) in [6.45, 7) is 3.09. The third kappa shape index (κ3) is 3.27. The number of hydrogen-bond acceptors (Lipinski definition) is 6. The highest BCUT2D eigenvalue weighted by atomic mass is 19.1. The zero-order valence-electron chi connectivity index (χ0n) is 15.9. The number of carbonyl (C=O) groups excluding carboxylic acids is 2. The van der Waals surface area contributed by atoms with Crippen LogP contribution in [0.1, 0.15) is 52.1 Å². The number of piperazine rings is 1. The maximum absolute atomic E-state index is 13.4. The van der Waals surface area contributed by atoms with Gasteiger partial charge in [-0.15, -0.1) is 10.2 Å². The van der Waals surface area contributed by atoms with Crippen molar-refractivity contribution in [3.63, 3.8) is 0 Å². The number of nitrogens with zero attached hydrogens (tertiary/aromatic N) is 6. The van der Waals surface area contributed by atoms with Crippen LogP contribution in [0, 0.1) is 5.95 Å². The van der Waals surface area contributed by atoms with Gasteiger partial charge >= 0.3 is 0 Å². The van der Waals surface area contributed by atoms with E-state index in [-0.39, 0.29) is 29.5 Å². The van der Waals surface area contributed by atoms with Crippen molar-refractivity contribution in [2.75, 3.05) is 26.2 Å². The van der Waals surface area contributed by atoms with E-state index in [4.69, 9.17) is 0 Å². The van der Waals surface area contributed by atoms with Gasteiger partial charge in [-0.3, -0.25) is 14.5 Å². The minimum Gasteiger partial charge on any atom is -0.347 e. The molecule has 0 bridgehead atoms. The number of fused-ring (bicyclic) bond motifs is 3. The number of aromatic nitrogens is 4. The molecule has 2 amide bonds. The second-order valence-electron chi connectivity index (χ2n) is 7.80. The lowest BCUT2D eigenvalue weighted by Gasteiger charge is -2.43. The molecule has 2 fully saturated rings. The minimum atomic E-state index is -0.672. The average Bonchev–Trinajstić information content (AvgIpc) is 3.14. The first-order valence-corrected chi connectivity index (χ1v) is 9.99. The normalized spacial score (nSPS) is 21.8. The van der Waals surface area contributed by atoms with Crippen LogP contribution in [0.15, 0.2) is 18.3 Å². The molecule has 9 nitrogen and oxygen atoms in total. The second-order valence-corrected chi connectivity index (χ2v) is 7.80. The second kappa shape index (κ2) is 7.18. The summed E-state index contributed by atoms with van der Waals surface area (Å²) in [5, 5.41) is 11.5. The molecule has 1 saturated heterocycles. The van der Waals surface area contributed by atoms with Gasteiger partial charge in [-0.05, 0) is 25.3 Å². The van der Waals surface area contributed by atoms with Crippen molar-refractivity contribution in [2.24, 2.45) is 0 Å². The highest BCUT2D eigenvalue weighted by molar-refractivity contribution is 5.94. The van der Waals surface area contributed by atoms with Gasteiger partial charge in [0.15, 0.2) is 5.82 Å². The van der Waals surface area contributed by atoms with Crippen LogP contribution < -0.4 is 5.32 Å². The summed E-state index contributed by atoms with van der Waals surface area (Å²) in [7, 11) is 0. The summed E-state index contributed by atoms with van der Waals surface area (Å²) in [6, 6.07) is 2.77. The minimum absolute atomic E-state index is 0.133. The van der Waals surface area contributed by atoms with Crippen LogP contribution in [-0.2, 0) is 6.54 Å². The quantitative estimate of drug-likeness (QED) is 0.760. The van der Waals surface area contributed by atoms with Crippen LogP contribution >= 0.6 is 0 Å². The van der Waals surface area contributed by atoms with Crippen LogP contribution in [0.2, 0.25) is 0 Å². The zero-order chi connectivity index (χ0) is 20.0. The van der Waals surface area contributed by atoms with E-state index in [1.807, 2.05) is 4.57 Å². The SMILES string of the molecule is O=C(NC1CCC1)c1nnc2n1CCN1CCN(C(=O)c3ccnc(F)c3)C[C@@H]21. The Kier molecular flexibility index (Phi) is 4.50. The summed E-state index contributed by atoms with van der Waals surface area (Å²) < 4.78 is 15.3. The summed E-state index contributed by atoms with van der Waals surface area (Å²) in [5.74, 6) is -0.0444. The summed E-state index contributed by atoms with van der Waals surface area (Å²) >= 11 is 0. The molecular formula is C19H22FN7O2. The molecule has 2 aromatic heterocycles. The lowest BCUT2D eigenvalue weighted by atomic mass is 9.93. The van der Waals surface area contributed by atoms with Gasteiger partial charge in [0.1, 0.15) is 0 Å². The highest BCUT2D eigenvalue weighted by Crippen LogP contribution is 2.29. The third-order valence-corrected chi connectivity index (χ3v) is 6.08. The highest BCUT2D eigenvalue weighted by Gasteiger charge is 2.38. The molecule has 152 valence electrons. The number of carbonyl (C=O) groups is 2. The van der Waals surface area contributed by atoms with Crippen molar-refractivity contribution < 1.29 is 14.0 Å². The van der Waals surface area contributed by atoms with E-state index in [2.05, 4.69) is 25.4 Å². The van der Waals surface area contributed by atoms with E-state index >= 15 is 0 Å². The van der Waals surface area contributed by atoms with Gasteiger partial charge in [0.05, 0.1) is 6.04 Å². The Labute approximate surface area is 166 Å². The van der Waals surface area contributed by atoms with E-state index in [1.54, 1.807) is 4.90 Å². The maximum atomic E-state index is 13.4. The molecule has 4 heterocycles. The molecule has 1 atom stereocenters. The van der Waals surface area contributed by atoms with Crippen molar-refractivity contribution in [3.05, 3.63) is 41.5 Å². The fourth-order valence-electron chi connectivity index (χ4n) is 4.22. The predicted molar refractivity (Wildman–Crippen MR) is 99.5 cm³/mol. The third-order valence-electron chi connectivity index (χ3n) is 6.08. The number of amides is 2. The molecule has 29 heavy (non-hydrogen) atoms. The van der Waals surface area contributed by atoms with E-state index < -0.39 is 5.95 Å². The molecule has 0 spiro atoms. The van der Waals surface area contributed by atoms with Crippen LogP contribution in [0.5, 0.6) is 0 Å². The van der Waals surface area contributed by atoms with Crippen molar-refractivity contribution >= 4 is 11.8 Å². The van der Waals surface area contributed by atoms with Crippen LogP contribution in [-0.4, -0.2) is 73.6 Å². The summed E-state index contributed by atoms with van der Waals surface area (Å²) in [4.78, 5) is 32.9. The molecule has 1 aliphatic carbocycles. The molecule has 0 unspecified atom stereocenters. The van der Waals surface area contributed by atoms with Crippen LogP contribution in [0.4, 0.5) is 4.39 Å². The Morgan fingerprint density at radius 3 is 2.72 bits per heavy atom. The number of rotatable bonds is 3. The van der Waals surface area contributed by atoms with Crippen molar-refractivity contribution in [1.29, 1.82) is 0 Å².